The van der Waals surface area contributed by atoms with Gasteiger partial charge in [-0.3, -0.25) is 4.79 Å². The van der Waals surface area contributed by atoms with Crippen LogP contribution < -0.4 is 5.32 Å². The van der Waals surface area contributed by atoms with Crippen molar-refractivity contribution in [3.63, 3.8) is 0 Å². The van der Waals surface area contributed by atoms with E-state index in [4.69, 9.17) is 26.2 Å². The molecule has 146 valence electrons. The van der Waals surface area contributed by atoms with Gasteiger partial charge in [-0.1, -0.05) is 16.3 Å². The van der Waals surface area contributed by atoms with Crippen molar-refractivity contribution in [1.82, 2.24) is 14.6 Å². The number of carboxylic acid groups (broad SMARTS) is 1. The molecule has 2 rings (SSSR count). The molecule has 12 heteroatoms. The average Bonchev–Trinajstić information content (AvgIpc) is 3.07. The molecule has 0 fully saturated rings. The van der Waals surface area contributed by atoms with Crippen LogP contribution in [0.2, 0.25) is 5.15 Å². The molecular formula is C15H18ClN5O6. The Morgan fingerprint density at radius 2 is 2.15 bits per heavy atom. The molecule has 0 bridgehead atoms. The highest BCUT2D eigenvalue weighted by atomic mass is 35.5. The van der Waals surface area contributed by atoms with Crippen LogP contribution in [-0.2, 0) is 27.1 Å². The molecule has 2 heterocycles. The van der Waals surface area contributed by atoms with Crippen molar-refractivity contribution in [2.45, 2.75) is 19.1 Å². The first kappa shape index (κ1) is 20.6. The molecule has 0 aliphatic heterocycles. The summed E-state index contributed by atoms with van der Waals surface area (Å²) in [7, 11) is 2.93. The molecule has 0 aliphatic rings. The van der Waals surface area contributed by atoms with E-state index in [9.17, 15) is 14.9 Å². The van der Waals surface area contributed by atoms with Crippen molar-refractivity contribution in [1.29, 1.82) is 0 Å². The third-order valence-corrected chi connectivity index (χ3v) is 3.90. The number of halogens is 1. The summed E-state index contributed by atoms with van der Waals surface area (Å²) in [4.78, 5) is 30.3. The number of nitrogens with zero attached hydrogens (tertiary/aromatic N) is 4. The number of carboxylic acids is 1. The Balaban J connectivity index is 2.29. The zero-order chi connectivity index (χ0) is 20.0. The number of aromatic nitrogens is 3. The number of nitrogens with one attached hydrogen (secondary N) is 1. The van der Waals surface area contributed by atoms with Crippen LogP contribution in [0.1, 0.15) is 17.0 Å². The van der Waals surface area contributed by atoms with Crippen molar-refractivity contribution in [3.05, 3.63) is 50.7 Å². The highest BCUT2D eigenvalue weighted by molar-refractivity contribution is 6.30. The minimum absolute atomic E-state index is 0.00927. The summed E-state index contributed by atoms with van der Waals surface area (Å²) in [5.41, 5.74) is 0.827. The van der Waals surface area contributed by atoms with Gasteiger partial charge in [0.05, 0.1) is 25.4 Å². The first-order valence-electron chi connectivity index (χ1n) is 7.72. The lowest BCUT2D eigenvalue weighted by Crippen LogP contribution is -2.25. The summed E-state index contributed by atoms with van der Waals surface area (Å²) in [6.45, 7) is 0.199. The van der Waals surface area contributed by atoms with E-state index < -0.39 is 17.3 Å². The molecule has 2 aromatic rings. The van der Waals surface area contributed by atoms with Crippen LogP contribution >= 0.6 is 11.6 Å². The van der Waals surface area contributed by atoms with E-state index in [2.05, 4.69) is 15.3 Å². The second-order valence-corrected chi connectivity index (χ2v) is 5.78. The lowest BCUT2D eigenvalue weighted by atomic mass is 10.2. The van der Waals surface area contributed by atoms with Crippen LogP contribution in [-0.4, -0.2) is 57.8 Å². The maximum absolute atomic E-state index is 11.1. The summed E-state index contributed by atoms with van der Waals surface area (Å²) in [6.07, 6.45) is 1.87. The van der Waals surface area contributed by atoms with Crippen molar-refractivity contribution in [2.75, 3.05) is 26.1 Å². The topological polar surface area (TPSA) is 142 Å². The van der Waals surface area contributed by atoms with E-state index >= 15 is 0 Å². The molecule has 0 amide bonds. The fraction of sp³-hybridized carbons (Fsp3) is 0.400. The number of ether oxygens (including phenoxy) is 2. The van der Waals surface area contributed by atoms with Gasteiger partial charge in [0, 0.05) is 26.2 Å². The summed E-state index contributed by atoms with van der Waals surface area (Å²) in [5.74, 6) is -0.571. The molecule has 27 heavy (non-hydrogen) atoms. The predicted molar refractivity (Wildman–Crippen MR) is 94.3 cm³/mol. The third-order valence-electron chi connectivity index (χ3n) is 3.58. The molecule has 0 radical (unpaired) electrons. The molecule has 0 spiro atoms. The number of anilines is 1. The molecular weight excluding hydrogens is 382 g/mol. The molecule has 0 atom stereocenters. The fourth-order valence-corrected chi connectivity index (χ4v) is 2.55. The van der Waals surface area contributed by atoms with E-state index in [0.29, 0.717) is 5.56 Å². The first-order valence-corrected chi connectivity index (χ1v) is 8.10. The summed E-state index contributed by atoms with van der Waals surface area (Å²) < 4.78 is 11.0. The van der Waals surface area contributed by atoms with Gasteiger partial charge in [-0.25, -0.2) is 20.1 Å². The Bertz CT molecular complexity index is 823. The number of aliphatic carboxylic acids is 1. The minimum Gasteiger partial charge on any atom is -0.481 e. The number of hydrogen-bond donors (Lipinski definition) is 2. The molecule has 2 N–H and O–H groups in total. The van der Waals surface area contributed by atoms with Crippen LogP contribution in [0.3, 0.4) is 0 Å². The number of nitro groups is 1. The van der Waals surface area contributed by atoms with Gasteiger partial charge in [0.25, 0.3) is 0 Å². The van der Waals surface area contributed by atoms with Crippen LogP contribution in [0.25, 0.3) is 0 Å². The SMILES string of the molecule is COC(CNc1nc(Cc2ccn([N+](=O)[O-])c2)nc(Cl)c1CC(=O)O)OC. The van der Waals surface area contributed by atoms with E-state index in [0.717, 1.165) is 4.68 Å². The van der Waals surface area contributed by atoms with Gasteiger partial charge in [0.1, 0.15) is 16.8 Å². The van der Waals surface area contributed by atoms with Gasteiger partial charge >= 0.3 is 5.97 Å². The Kier molecular flexibility index (Phi) is 7.05. The number of hydrogen-bond acceptors (Lipinski definition) is 8. The van der Waals surface area contributed by atoms with E-state index in [1.54, 1.807) is 6.07 Å². The van der Waals surface area contributed by atoms with Crippen molar-refractivity contribution < 1.29 is 24.4 Å². The predicted octanol–water partition coefficient (Wildman–Crippen LogP) is 1.22. The van der Waals surface area contributed by atoms with Crippen molar-refractivity contribution in [3.8, 4) is 0 Å². The van der Waals surface area contributed by atoms with Crippen LogP contribution in [0.5, 0.6) is 0 Å². The molecule has 0 saturated heterocycles. The second kappa shape index (κ2) is 9.26. The van der Waals surface area contributed by atoms with Crippen molar-refractivity contribution >= 4 is 23.4 Å². The quantitative estimate of drug-likeness (QED) is 0.261. The Hall–Kier alpha value is -2.76. The zero-order valence-electron chi connectivity index (χ0n) is 14.6. The largest absolute Gasteiger partial charge is 0.481 e. The maximum atomic E-state index is 11.1. The number of methoxy groups -OCH3 is 2. The van der Waals surface area contributed by atoms with E-state index in [1.807, 2.05) is 0 Å². The molecule has 11 nitrogen and oxygen atoms in total. The minimum atomic E-state index is -1.09. The lowest BCUT2D eigenvalue weighted by molar-refractivity contribution is -0.542. The molecule has 0 aliphatic carbocycles. The van der Waals surface area contributed by atoms with Crippen LogP contribution in [0, 0.1) is 10.1 Å². The maximum Gasteiger partial charge on any atom is 0.308 e. The summed E-state index contributed by atoms with van der Waals surface area (Å²) in [6, 6.07) is 1.56. The third kappa shape index (κ3) is 5.61. The standard InChI is InChI=1S/C15H18ClN5O6/c1-26-13(27-2)7-17-15-10(6-12(22)23)14(16)18-11(19-15)5-9-3-4-20(8-9)21(24)25/h3-4,8,13H,5-7H2,1-2H3,(H,22,23)(H,17,18,19). The highest BCUT2D eigenvalue weighted by Gasteiger charge is 2.18. The van der Waals surface area contributed by atoms with Gasteiger partial charge in [-0.05, 0) is 11.6 Å². The first-order chi connectivity index (χ1) is 12.8. The van der Waals surface area contributed by atoms with Crippen molar-refractivity contribution in [2.24, 2.45) is 0 Å². The van der Waals surface area contributed by atoms with E-state index in [1.165, 1.54) is 26.6 Å². The van der Waals surface area contributed by atoms with Gasteiger partial charge in [-0.15, -0.1) is 0 Å². The van der Waals surface area contributed by atoms with Crippen LogP contribution in [0.15, 0.2) is 18.5 Å². The van der Waals surface area contributed by atoms with Crippen LogP contribution in [0.4, 0.5) is 5.82 Å². The van der Waals surface area contributed by atoms with Gasteiger partial charge in [-0.2, -0.15) is 0 Å². The Morgan fingerprint density at radius 3 is 2.70 bits per heavy atom. The number of rotatable bonds is 10. The summed E-state index contributed by atoms with van der Waals surface area (Å²) >= 11 is 6.15. The monoisotopic (exact) mass is 399 g/mol. The molecule has 2 aromatic heterocycles. The molecule has 0 unspecified atom stereocenters. The number of carbonyl (C=O) groups is 1. The van der Waals surface area contributed by atoms with E-state index in [-0.39, 0.29) is 41.7 Å². The highest BCUT2D eigenvalue weighted by Crippen LogP contribution is 2.23. The van der Waals surface area contributed by atoms with Gasteiger partial charge in [0.15, 0.2) is 11.3 Å². The Labute approximate surface area is 159 Å². The normalized spacial score (nSPS) is 11.0. The molecule has 0 saturated carbocycles. The summed E-state index contributed by atoms with van der Waals surface area (Å²) in [5, 5.41) is 22.2. The molecule has 0 aromatic carbocycles. The van der Waals surface area contributed by atoms with Gasteiger partial charge < -0.3 is 19.9 Å². The van der Waals surface area contributed by atoms with Gasteiger partial charge in [0.2, 0.25) is 0 Å². The fourth-order valence-electron chi connectivity index (χ4n) is 2.29. The zero-order valence-corrected chi connectivity index (χ0v) is 15.3. The smallest absolute Gasteiger partial charge is 0.308 e. The second-order valence-electron chi connectivity index (χ2n) is 5.42. The average molecular weight is 400 g/mol. The Morgan fingerprint density at radius 1 is 1.44 bits per heavy atom. The lowest BCUT2D eigenvalue weighted by Gasteiger charge is -2.17.